The summed E-state index contributed by atoms with van der Waals surface area (Å²) in [6.45, 7) is 2.18. The average molecular weight is 203 g/mol. The first-order valence-electron chi connectivity index (χ1n) is 5.18. The van der Waals surface area contributed by atoms with Gasteiger partial charge in [-0.25, -0.2) is 9.50 Å². The molecule has 0 bridgehead atoms. The number of nitrogens with zero attached hydrogens (tertiary/aromatic N) is 3. The van der Waals surface area contributed by atoms with Crippen molar-refractivity contribution in [2.24, 2.45) is 0 Å². The summed E-state index contributed by atoms with van der Waals surface area (Å²) in [4.78, 5) is 4.51. The standard InChI is InChI=1S/C11H13N3O/c1-8-3-2-6-14-9(8)12-10(13-14)11(7-15)4-5-11/h2-3,6,15H,4-5,7H2,1H3. The molecule has 0 aromatic carbocycles. The maximum atomic E-state index is 9.32. The first kappa shape index (κ1) is 8.85. The molecule has 2 heterocycles. The maximum Gasteiger partial charge on any atom is 0.160 e. The Balaban J connectivity index is 2.19. The first-order valence-corrected chi connectivity index (χ1v) is 5.18. The molecule has 3 rings (SSSR count). The highest BCUT2D eigenvalue weighted by molar-refractivity contribution is 5.46. The Hall–Kier alpha value is -1.42. The van der Waals surface area contributed by atoms with E-state index in [0.717, 1.165) is 29.9 Å². The van der Waals surface area contributed by atoms with Gasteiger partial charge in [-0.3, -0.25) is 0 Å². The number of aromatic nitrogens is 3. The lowest BCUT2D eigenvalue weighted by Crippen LogP contribution is -2.14. The topological polar surface area (TPSA) is 50.4 Å². The summed E-state index contributed by atoms with van der Waals surface area (Å²) < 4.78 is 1.79. The van der Waals surface area contributed by atoms with Crippen LogP contribution in [-0.4, -0.2) is 26.3 Å². The molecule has 0 radical (unpaired) electrons. The largest absolute Gasteiger partial charge is 0.395 e. The van der Waals surface area contributed by atoms with Gasteiger partial charge in [-0.1, -0.05) is 6.07 Å². The number of aryl methyl sites for hydroxylation is 1. The predicted octanol–water partition coefficient (Wildman–Crippen LogP) is 1.06. The Bertz CT molecular complexity index is 514. The molecule has 0 spiro atoms. The van der Waals surface area contributed by atoms with Gasteiger partial charge < -0.3 is 5.11 Å². The third kappa shape index (κ3) is 1.18. The van der Waals surface area contributed by atoms with Crippen LogP contribution in [0.4, 0.5) is 0 Å². The van der Waals surface area contributed by atoms with Crippen LogP contribution >= 0.6 is 0 Å². The lowest BCUT2D eigenvalue weighted by atomic mass is 10.1. The summed E-state index contributed by atoms with van der Waals surface area (Å²) in [6.07, 6.45) is 3.89. The van der Waals surface area contributed by atoms with E-state index in [1.165, 1.54) is 0 Å². The fourth-order valence-electron chi connectivity index (χ4n) is 1.87. The van der Waals surface area contributed by atoms with Crippen molar-refractivity contribution in [3.05, 3.63) is 29.7 Å². The van der Waals surface area contributed by atoms with E-state index < -0.39 is 0 Å². The van der Waals surface area contributed by atoms with Crippen LogP contribution in [0.1, 0.15) is 24.2 Å². The molecule has 2 aromatic rings. The Morgan fingerprint density at radius 2 is 2.33 bits per heavy atom. The zero-order valence-electron chi connectivity index (χ0n) is 8.64. The molecule has 0 unspecified atom stereocenters. The summed E-state index contributed by atoms with van der Waals surface area (Å²) in [5.74, 6) is 0.791. The Kier molecular flexibility index (Phi) is 1.65. The second kappa shape index (κ2) is 2.79. The number of fused-ring (bicyclic) bond motifs is 1. The van der Waals surface area contributed by atoms with E-state index in [1.807, 2.05) is 25.3 Å². The van der Waals surface area contributed by atoms with Crippen molar-refractivity contribution in [3.8, 4) is 0 Å². The van der Waals surface area contributed by atoms with Crippen LogP contribution in [0.5, 0.6) is 0 Å². The van der Waals surface area contributed by atoms with Crippen LogP contribution in [-0.2, 0) is 5.41 Å². The average Bonchev–Trinajstić information content (AvgIpc) is 2.92. The van der Waals surface area contributed by atoms with Crippen LogP contribution in [0.3, 0.4) is 0 Å². The van der Waals surface area contributed by atoms with Crippen molar-refractivity contribution in [1.82, 2.24) is 14.6 Å². The zero-order chi connectivity index (χ0) is 10.5. The minimum atomic E-state index is -0.140. The second-order valence-electron chi connectivity index (χ2n) is 4.33. The van der Waals surface area contributed by atoms with Crippen molar-refractivity contribution in [1.29, 1.82) is 0 Å². The minimum absolute atomic E-state index is 0.140. The van der Waals surface area contributed by atoms with Gasteiger partial charge in [0.1, 0.15) is 0 Å². The fraction of sp³-hybridized carbons (Fsp3) is 0.455. The minimum Gasteiger partial charge on any atom is -0.395 e. The molecule has 78 valence electrons. The maximum absolute atomic E-state index is 9.32. The van der Waals surface area contributed by atoms with Crippen molar-refractivity contribution >= 4 is 5.65 Å². The fourth-order valence-corrected chi connectivity index (χ4v) is 1.87. The van der Waals surface area contributed by atoms with Gasteiger partial charge in [-0.15, -0.1) is 0 Å². The van der Waals surface area contributed by atoms with Gasteiger partial charge in [0.2, 0.25) is 0 Å². The molecule has 4 heteroatoms. The van der Waals surface area contributed by atoms with Crippen LogP contribution < -0.4 is 0 Å². The van der Waals surface area contributed by atoms with Gasteiger partial charge in [0.15, 0.2) is 11.5 Å². The summed E-state index contributed by atoms with van der Waals surface area (Å²) >= 11 is 0. The molecular formula is C11H13N3O. The predicted molar refractivity (Wildman–Crippen MR) is 55.7 cm³/mol. The van der Waals surface area contributed by atoms with E-state index in [9.17, 15) is 5.11 Å². The highest BCUT2D eigenvalue weighted by atomic mass is 16.3. The van der Waals surface area contributed by atoms with E-state index in [4.69, 9.17) is 0 Å². The molecule has 0 saturated heterocycles. The number of aliphatic hydroxyl groups is 1. The molecule has 4 nitrogen and oxygen atoms in total. The van der Waals surface area contributed by atoms with Crippen molar-refractivity contribution in [2.75, 3.05) is 6.61 Å². The summed E-state index contributed by atoms with van der Waals surface area (Å²) in [5.41, 5.74) is 1.87. The third-order valence-electron chi connectivity index (χ3n) is 3.19. The second-order valence-corrected chi connectivity index (χ2v) is 4.33. The van der Waals surface area contributed by atoms with Crippen LogP contribution in [0, 0.1) is 6.92 Å². The van der Waals surface area contributed by atoms with E-state index in [0.29, 0.717) is 0 Å². The number of hydrogen-bond acceptors (Lipinski definition) is 3. The van der Waals surface area contributed by atoms with Crippen LogP contribution in [0.25, 0.3) is 5.65 Å². The summed E-state index contributed by atoms with van der Waals surface area (Å²) in [6, 6.07) is 3.98. The van der Waals surface area contributed by atoms with E-state index in [1.54, 1.807) is 4.52 Å². The van der Waals surface area contributed by atoms with Gasteiger partial charge in [0, 0.05) is 6.20 Å². The third-order valence-corrected chi connectivity index (χ3v) is 3.19. The highest BCUT2D eigenvalue weighted by Crippen LogP contribution is 2.46. The first-order chi connectivity index (χ1) is 7.25. The van der Waals surface area contributed by atoms with E-state index in [-0.39, 0.29) is 12.0 Å². The van der Waals surface area contributed by atoms with Gasteiger partial charge in [-0.05, 0) is 31.4 Å². The number of pyridine rings is 1. The van der Waals surface area contributed by atoms with Crippen molar-refractivity contribution in [2.45, 2.75) is 25.2 Å². The smallest absolute Gasteiger partial charge is 0.160 e. The molecule has 0 amide bonds. The van der Waals surface area contributed by atoms with Gasteiger partial charge in [-0.2, -0.15) is 5.10 Å². The molecule has 1 fully saturated rings. The number of rotatable bonds is 2. The number of hydrogen-bond donors (Lipinski definition) is 1. The van der Waals surface area contributed by atoms with Crippen LogP contribution in [0.2, 0.25) is 0 Å². The van der Waals surface area contributed by atoms with Gasteiger partial charge in [0.05, 0.1) is 12.0 Å². The molecule has 0 aliphatic heterocycles. The molecular weight excluding hydrogens is 190 g/mol. The quantitative estimate of drug-likeness (QED) is 0.794. The molecule has 1 aliphatic carbocycles. The Labute approximate surface area is 87.6 Å². The van der Waals surface area contributed by atoms with E-state index >= 15 is 0 Å². The molecule has 0 atom stereocenters. The molecule has 1 N–H and O–H groups in total. The summed E-state index contributed by atoms with van der Waals surface area (Å²) in [5, 5.41) is 13.7. The lowest BCUT2D eigenvalue weighted by Gasteiger charge is -2.03. The normalized spacial score (nSPS) is 18.3. The summed E-state index contributed by atoms with van der Waals surface area (Å²) in [7, 11) is 0. The molecule has 1 saturated carbocycles. The van der Waals surface area contributed by atoms with Gasteiger partial charge >= 0.3 is 0 Å². The zero-order valence-corrected chi connectivity index (χ0v) is 8.64. The molecule has 1 aliphatic rings. The van der Waals surface area contributed by atoms with Crippen molar-refractivity contribution < 1.29 is 5.11 Å². The monoisotopic (exact) mass is 203 g/mol. The van der Waals surface area contributed by atoms with E-state index in [2.05, 4.69) is 10.1 Å². The molecule has 2 aromatic heterocycles. The van der Waals surface area contributed by atoms with Crippen LogP contribution in [0.15, 0.2) is 18.3 Å². The highest BCUT2D eigenvalue weighted by Gasteiger charge is 2.47. The number of aliphatic hydroxyl groups excluding tert-OH is 1. The van der Waals surface area contributed by atoms with Crippen molar-refractivity contribution in [3.63, 3.8) is 0 Å². The Morgan fingerprint density at radius 3 is 2.93 bits per heavy atom. The molecule has 15 heavy (non-hydrogen) atoms. The Morgan fingerprint density at radius 1 is 1.53 bits per heavy atom. The SMILES string of the molecule is Cc1cccn2nc(C3(CO)CC3)nc12. The lowest BCUT2D eigenvalue weighted by molar-refractivity contribution is 0.250. The van der Waals surface area contributed by atoms with Gasteiger partial charge in [0.25, 0.3) is 0 Å².